The lowest BCUT2D eigenvalue weighted by molar-refractivity contribution is 0.383. The van der Waals surface area contributed by atoms with Crippen molar-refractivity contribution >= 4 is 15.8 Å². The molecule has 118 valence electrons. The third-order valence-corrected chi connectivity index (χ3v) is 5.39. The van der Waals surface area contributed by atoms with Gasteiger partial charge in [0, 0.05) is 45.0 Å². The van der Waals surface area contributed by atoms with Crippen LogP contribution in [-0.2, 0) is 10.0 Å². The van der Waals surface area contributed by atoms with Crippen molar-refractivity contribution in [1.82, 2.24) is 14.6 Å². The van der Waals surface area contributed by atoms with E-state index in [1.807, 2.05) is 32.0 Å². The summed E-state index contributed by atoms with van der Waals surface area (Å²) < 4.78 is 26.1. The zero-order valence-electron chi connectivity index (χ0n) is 12.7. The zero-order valence-corrected chi connectivity index (χ0v) is 13.5. The van der Waals surface area contributed by atoms with Gasteiger partial charge in [-0.3, -0.25) is 0 Å². The molecule has 1 N–H and O–H groups in total. The number of sulfonamides is 1. The van der Waals surface area contributed by atoms with E-state index in [9.17, 15) is 8.42 Å². The summed E-state index contributed by atoms with van der Waals surface area (Å²) in [6, 6.07) is 6.09. The second-order valence-electron chi connectivity index (χ2n) is 5.50. The predicted molar refractivity (Wildman–Crippen MR) is 84.9 cm³/mol. The maximum absolute atomic E-state index is 12.3. The standard InChI is InChI=1S/C14H24N4O2S/c1-13(2)15-7-12-21(19,20)18-10-8-17(9-11-18)14-5-3-4-6-16-14/h3-6,13,15H,7-12H2,1-2H3. The van der Waals surface area contributed by atoms with E-state index in [0.717, 1.165) is 5.82 Å². The Morgan fingerprint density at radius 1 is 1.24 bits per heavy atom. The fourth-order valence-electron chi connectivity index (χ4n) is 2.34. The molecule has 6 nitrogen and oxygen atoms in total. The maximum atomic E-state index is 12.3. The van der Waals surface area contributed by atoms with Crippen LogP contribution < -0.4 is 10.2 Å². The highest BCUT2D eigenvalue weighted by atomic mass is 32.2. The van der Waals surface area contributed by atoms with Gasteiger partial charge >= 0.3 is 0 Å². The number of hydrogen-bond donors (Lipinski definition) is 1. The lowest BCUT2D eigenvalue weighted by atomic mass is 10.3. The van der Waals surface area contributed by atoms with E-state index in [0.29, 0.717) is 38.8 Å². The van der Waals surface area contributed by atoms with Crippen LogP contribution in [0.2, 0.25) is 0 Å². The van der Waals surface area contributed by atoms with Crippen LogP contribution >= 0.6 is 0 Å². The number of nitrogens with one attached hydrogen (secondary N) is 1. The van der Waals surface area contributed by atoms with Crippen molar-refractivity contribution in [3.8, 4) is 0 Å². The molecular formula is C14H24N4O2S. The SMILES string of the molecule is CC(C)NCCS(=O)(=O)N1CCN(c2ccccn2)CC1. The Labute approximate surface area is 127 Å². The van der Waals surface area contributed by atoms with Crippen molar-refractivity contribution in [3.05, 3.63) is 24.4 Å². The molecule has 1 aliphatic heterocycles. The number of aromatic nitrogens is 1. The molecule has 2 rings (SSSR count). The molecule has 0 bridgehead atoms. The number of rotatable bonds is 6. The lowest BCUT2D eigenvalue weighted by Gasteiger charge is -2.34. The number of anilines is 1. The first-order valence-corrected chi connectivity index (χ1v) is 8.97. The highest BCUT2D eigenvalue weighted by molar-refractivity contribution is 7.89. The van der Waals surface area contributed by atoms with Crippen LogP contribution in [0, 0.1) is 0 Å². The monoisotopic (exact) mass is 312 g/mol. The van der Waals surface area contributed by atoms with E-state index >= 15 is 0 Å². The Hall–Kier alpha value is -1.18. The normalized spacial score (nSPS) is 17.4. The van der Waals surface area contributed by atoms with Crippen molar-refractivity contribution in [1.29, 1.82) is 0 Å². The lowest BCUT2D eigenvalue weighted by Crippen LogP contribution is -2.50. The minimum Gasteiger partial charge on any atom is -0.354 e. The first kappa shape index (κ1) is 16.2. The molecule has 0 radical (unpaired) electrons. The van der Waals surface area contributed by atoms with Gasteiger partial charge in [-0.05, 0) is 12.1 Å². The predicted octanol–water partition coefficient (Wildman–Crippen LogP) is 0.531. The summed E-state index contributed by atoms with van der Waals surface area (Å²) in [5, 5.41) is 3.15. The highest BCUT2D eigenvalue weighted by Gasteiger charge is 2.26. The molecule has 1 fully saturated rings. The van der Waals surface area contributed by atoms with E-state index in [4.69, 9.17) is 0 Å². The minimum absolute atomic E-state index is 0.161. The summed E-state index contributed by atoms with van der Waals surface area (Å²) in [7, 11) is -3.16. The smallest absolute Gasteiger partial charge is 0.215 e. The fourth-order valence-corrected chi connectivity index (χ4v) is 3.70. The molecule has 1 aromatic heterocycles. The number of pyridine rings is 1. The Kier molecular flexibility index (Phi) is 5.55. The van der Waals surface area contributed by atoms with Crippen LogP contribution in [0.1, 0.15) is 13.8 Å². The second kappa shape index (κ2) is 7.20. The van der Waals surface area contributed by atoms with Crippen LogP contribution in [0.5, 0.6) is 0 Å². The molecule has 1 aromatic rings. The molecular weight excluding hydrogens is 288 g/mol. The Morgan fingerprint density at radius 2 is 1.95 bits per heavy atom. The summed E-state index contributed by atoms with van der Waals surface area (Å²) in [6.45, 7) is 6.96. The van der Waals surface area contributed by atoms with Crippen molar-refractivity contribution in [2.24, 2.45) is 0 Å². The summed E-state index contributed by atoms with van der Waals surface area (Å²) in [4.78, 5) is 6.43. The summed E-state index contributed by atoms with van der Waals surface area (Å²) >= 11 is 0. The Bertz CT molecular complexity index is 525. The average molecular weight is 312 g/mol. The molecule has 7 heteroatoms. The van der Waals surface area contributed by atoms with Gasteiger partial charge in [0.2, 0.25) is 10.0 Å². The van der Waals surface area contributed by atoms with Crippen molar-refractivity contribution < 1.29 is 8.42 Å². The van der Waals surface area contributed by atoms with E-state index in [1.54, 1.807) is 10.5 Å². The highest BCUT2D eigenvalue weighted by Crippen LogP contribution is 2.14. The molecule has 21 heavy (non-hydrogen) atoms. The number of nitrogens with zero attached hydrogens (tertiary/aromatic N) is 3. The van der Waals surface area contributed by atoms with Crippen LogP contribution in [0.25, 0.3) is 0 Å². The van der Waals surface area contributed by atoms with Gasteiger partial charge in [-0.2, -0.15) is 4.31 Å². The summed E-state index contributed by atoms with van der Waals surface area (Å²) in [5.41, 5.74) is 0. The average Bonchev–Trinajstić information content (AvgIpc) is 2.48. The molecule has 0 atom stereocenters. The number of hydrogen-bond acceptors (Lipinski definition) is 5. The van der Waals surface area contributed by atoms with E-state index in [2.05, 4.69) is 15.2 Å². The van der Waals surface area contributed by atoms with E-state index in [1.165, 1.54) is 0 Å². The van der Waals surface area contributed by atoms with Crippen LogP contribution in [0.15, 0.2) is 24.4 Å². The van der Waals surface area contributed by atoms with E-state index < -0.39 is 10.0 Å². The molecule has 0 unspecified atom stereocenters. The van der Waals surface area contributed by atoms with E-state index in [-0.39, 0.29) is 5.75 Å². The van der Waals surface area contributed by atoms with Crippen molar-refractivity contribution in [2.45, 2.75) is 19.9 Å². The third kappa shape index (κ3) is 4.66. The maximum Gasteiger partial charge on any atom is 0.215 e. The molecule has 0 aliphatic carbocycles. The summed E-state index contributed by atoms with van der Waals surface area (Å²) in [6.07, 6.45) is 1.76. The van der Waals surface area contributed by atoms with Gasteiger partial charge in [-0.1, -0.05) is 19.9 Å². The van der Waals surface area contributed by atoms with Crippen molar-refractivity contribution in [2.75, 3.05) is 43.4 Å². The molecule has 0 amide bonds. The number of piperazine rings is 1. The molecule has 1 aliphatic rings. The largest absolute Gasteiger partial charge is 0.354 e. The van der Waals surface area contributed by atoms with Gasteiger partial charge in [0.25, 0.3) is 0 Å². The van der Waals surface area contributed by atoms with Crippen molar-refractivity contribution in [3.63, 3.8) is 0 Å². The van der Waals surface area contributed by atoms with Crippen LogP contribution in [0.3, 0.4) is 0 Å². The second-order valence-corrected chi connectivity index (χ2v) is 7.59. The summed E-state index contributed by atoms with van der Waals surface area (Å²) in [5.74, 6) is 1.07. The first-order chi connectivity index (χ1) is 9.99. The van der Waals surface area contributed by atoms with Gasteiger partial charge in [0.15, 0.2) is 0 Å². The van der Waals surface area contributed by atoms with Gasteiger partial charge in [0.05, 0.1) is 5.75 Å². The van der Waals surface area contributed by atoms with Crippen LogP contribution in [-0.4, -0.2) is 62.2 Å². The molecule has 2 heterocycles. The molecule has 0 saturated carbocycles. The molecule has 1 saturated heterocycles. The quantitative estimate of drug-likeness (QED) is 0.830. The molecule has 0 aromatic carbocycles. The first-order valence-electron chi connectivity index (χ1n) is 7.36. The Balaban J connectivity index is 1.85. The van der Waals surface area contributed by atoms with Gasteiger partial charge < -0.3 is 10.2 Å². The molecule has 0 spiro atoms. The van der Waals surface area contributed by atoms with Gasteiger partial charge in [0.1, 0.15) is 5.82 Å². The van der Waals surface area contributed by atoms with Gasteiger partial charge in [-0.25, -0.2) is 13.4 Å². The zero-order chi connectivity index (χ0) is 15.3. The minimum atomic E-state index is -3.16. The van der Waals surface area contributed by atoms with Crippen LogP contribution in [0.4, 0.5) is 5.82 Å². The third-order valence-electron chi connectivity index (χ3n) is 3.52. The fraction of sp³-hybridized carbons (Fsp3) is 0.643. The topological polar surface area (TPSA) is 65.5 Å². The van der Waals surface area contributed by atoms with Gasteiger partial charge in [-0.15, -0.1) is 0 Å². The Morgan fingerprint density at radius 3 is 2.52 bits per heavy atom.